The minimum atomic E-state index is -0.461. The van der Waals surface area contributed by atoms with Gasteiger partial charge >= 0.3 is 6.01 Å². The Bertz CT molecular complexity index is 457. The zero-order valence-electron chi connectivity index (χ0n) is 12.2. The fourth-order valence-corrected chi connectivity index (χ4v) is 1.55. The molecule has 0 aromatic carbocycles. The molecule has 1 amide bonds. The summed E-state index contributed by atoms with van der Waals surface area (Å²) in [5, 5.41) is 2.92. The van der Waals surface area contributed by atoms with Gasteiger partial charge < -0.3 is 15.0 Å². The van der Waals surface area contributed by atoms with Gasteiger partial charge in [-0.05, 0) is 31.9 Å². The second-order valence-corrected chi connectivity index (χ2v) is 4.62. The summed E-state index contributed by atoms with van der Waals surface area (Å²) in [6, 6.07) is -0.310. The van der Waals surface area contributed by atoms with E-state index in [0.717, 1.165) is 6.42 Å². The van der Waals surface area contributed by atoms with Crippen molar-refractivity contribution in [3.63, 3.8) is 0 Å². The van der Waals surface area contributed by atoms with Crippen LogP contribution in [0.2, 0.25) is 5.28 Å². The van der Waals surface area contributed by atoms with Gasteiger partial charge in [0.05, 0.1) is 6.61 Å². The van der Waals surface area contributed by atoms with E-state index in [9.17, 15) is 4.79 Å². The molecular weight excluding hydrogens is 282 g/mol. The molecule has 1 unspecified atom stereocenters. The molecule has 1 aromatic rings. The van der Waals surface area contributed by atoms with Crippen LogP contribution in [0.25, 0.3) is 0 Å². The van der Waals surface area contributed by atoms with Crippen LogP contribution in [0.15, 0.2) is 0 Å². The number of nitrogens with zero attached hydrogens (tertiary/aromatic N) is 4. The molecule has 0 aliphatic rings. The Kier molecular flexibility index (Phi) is 6.44. The molecule has 1 rings (SSSR count). The molecule has 0 bridgehead atoms. The lowest BCUT2D eigenvalue weighted by Crippen LogP contribution is -2.39. The maximum absolute atomic E-state index is 11.9. The van der Waals surface area contributed by atoms with E-state index in [-0.39, 0.29) is 23.1 Å². The zero-order valence-corrected chi connectivity index (χ0v) is 12.9. The van der Waals surface area contributed by atoms with Crippen LogP contribution in [0.5, 0.6) is 6.01 Å². The molecule has 0 aliphatic heterocycles. The minimum absolute atomic E-state index is 0.0251. The van der Waals surface area contributed by atoms with E-state index in [2.05, 4.69) is 20.3 Å². The highest BCUT2D eigenvalue weighted by Crippen LogP contribution is 2.12. The van der Waals surface area contributed by atoms with Gasteiger partial charge in [0.1, 0.15) is 6.04 Å². The van der Waals surface area contributed by atoms with E-state index in [1.807, 2.05) is 13.8 Å². The van der Waals surface area contributed by atoms with Crippen molar-refractivity contribution < 1.29 is 9.53 Å². The number of ether oxygens (including phenoxy) is 1. The van der Waals surface area contributed by atoms with Crippen LogP contribution in [0.3, 0.4) is 0 Å². The molecule has 0 saturated heterocycles. The average Bonchev–Trinajstić information content (AvgIpc) is 2.42. The second kappa shape index (κ2) is 7.84. The predicted octanol–water partition coefficient (Wildman–Crippen LogP) is 1.59. The molecule has 7 nitrogen and oxygen atoms in total. The van der Waals surface area contributed by atoms with Crippen molar-refractivity contribution in [1.82, 2.24) is 19.9 Å². The van der Waals surface area contributed by atoms with Crippen molar-refractivity contribution in [1.29, 1.82) is 0 Å². The Morgan fingerprint density at radius 1 is 1.40 bits per heavy atom. The predicted molar refractivity (Wildman–Crippen MR) is 77.0 cm³/mol. The van der Waals surface area contributed by atoms with Crippen molar-refractivity contribution >= 4 is 23.5 Å². The van der Waals surface area contributed by atoms with E-state index in [0.29, 0.717) is 13.2 Å². The van der Waals surface area contributed by atoms with E-state index < -0.39 is 6.04 Å². The molecule has 8 heteroatoms. The van der Waals surface area contributed by atoms with Crippen molar-refractivity contribution in [3.8, 4) is 6.01 Å². The number of carbonyl (C=O) groups excluding carboxylic acids is 1. The smallest absolute Gasteiger partial charge is 0.322 e. The summed E-state index contributed by atoms with van der Waals surface area (Å²) in [5.41, 5.74) is 0. The molecule has 0 fully saturated rings. The van der Waals surface area contributed by atoms with Crippen LogP contribution in [-0.2, 0) is 4.79 Å². The second-order valence-electron chi connectivity index (χ2n) is 4.28. The highest BCUT2D eigenvalue weighted by Gasteiger charge is 2.18. The monoisotopic (exact) mass is 301 g/mol. The summed E-state index contributed by atoms with van der Waals surface area (Å²) in [7, 11) is 1.73. The SMILES string of the molecule is CCCOc1nc(Cl)nc(NC(C)C(=O)N(C)CC)n1. The number of rotatable bonds is 7. The quantitative estimate of drug-likeness (QED) is 0.824. The number of hydrogen-bond donors (Lipinski definition) is 1. The first-order valence-electron chi connectivity index (χ1n) is 6.53. The molecule has 0 aliphatic carbocycles. The van der Waals surface area contributed by atoms with E-state index in [1.165, 1.54) is 0 Å². The van der Waals surface area contributed by atoms with E-state index >= 15 is 0 Å². The van der Waals surface area contributed by atoms with E-state index in [4.69, 9.17) is 16.3 Å². The van der Waals surface area contributed by atoms with Crippen LogP contribution < -0.4 is 10.1 Å². The Hall–Kier alpha value is -1.63. The number of likely N-dealkylation sites (N-methyl/N-ethyl adjacent to an activating group) is 1. The Morgan fingerprint density at radius 2 is 2.10 bits per heavy atom. The van der Waals surface area contributed by atoms with Crippen molar-refractivity contribution in [2.24, 2.45) is 0 Å². The van der Waals surface area contributed by atoms with Gasteiger partial charge in [-0.1, -0.05) is 6.92 Å². The molecule has 112 valence electrons. The molecule has 0 saturated carbocycles. The van der Waals surface area contributed by atoms with Gasteiger partial charge in [-0.2, -0.15) is 15.0 Å². The Labute approximate surface area is 123 Å². The Balaban J connectivity index is 2.76. The van der Waals surface area contributed by atoms with Crippen molar-refractivity contribution in [3.05, 3.63) is 5.28 Å². The maximum Gasteiger partial charge on any atom is 0.322 e. The van der Waals surface area contributed by atoms with Crippen LogP contribution in [0.1, 0.15) is 27.2 Å². The van der Waals surface area contributed by atoms with E-state index in [1.54, 1.807) is 18.9 Å². The van der Waals surface area contributed by atoms with Gasteiger partial charge in [0.2, 0.25) is 17.1 Å². The lowest BCUT2D eigenvalue weighted by atomic mass is 10.3. The molecule has 1 N–H and O–H groups in total. The van der Waals surface area contributed by atoms with Gasteiger partial charge in [-0.3, -0.25) is 4.79 Å². The maximum atomic E-state index is 11.9. The van der Waals surface area contributed by atoms with Crippen LogP contribution in [0, 0.1) is 0 Å². The van der Waals surface area contributed by atoms with Gasteiger partial charge in [-0.15, -0.1) is 0 Å². The first-order chi connectivity index (χ1) is 9.47. The number of nitrogens with one attached hydrogen (secondary N) is 1. The number of aromatic nitrogens is 3. The van der Waals surface area contributed by atoms with Crippen LogP contribution in [0.4, 0.5) is 5.95 Å². The Morgan fingerprint density at radius 3 is 2.70 bits per heavy atom. The topological polar surface area (TPSA) is 80.2 Å². The van der Waals surface area contributed by atoms with Crippen molar-refractivity contribution in [2.75, 3.05) is 25.5 Å². The third-order valence-electron chi connectivity index (χ3n) is 2.59. The highest BCUT2D eigenvalue weighted by atomic mass is 35.5. The fourth-order valence-electron chi connectivity index (χ4n) is 1.40. The minimum Gasteiger partial charge on any atom is -0.463 e. The molecule has 1 atom stereocenters. The molecule has 1 aromatic heterocycles. The van der Waals surface area contributed by atoms with Gasteiger partial charge in [0.15, 0.2) is 0 Å². The number of anilines is 1. The first kappa shape index (κ1) is 16.4. The van der Waals surface area contributed by atoms with Crippen LogP contribution in [-0.4, -0.2) is 52.0 Å². The first-order valence-corrected chi connectivity index (χ1v) is 6.91. The lowest BCUT2D eigenvalue weighted by Gasteiger charge is -2.20. The normalized spacial score (nSPS) is 11.8. The number of carbonyl (C=O) groups is 1. The summed E-state index contributed by atoms with van der Waals surface area (Å²) in [6.07, 6.45) is 0.836. The third-order valence-corrected chi connectivity index (χ3v) is 2.76. The summed E-state index contributed by atoms with van der Waals surface area (Å²) in [5.74, 6) is 0.168. The lowest BCUT2D eigenvalue weighted by molar-refractivity contribution is -0.130. The standard InChI is InChI=1S/C12H20ClN5O2/c1-5-7-20-12-16-10(13)15-11(17-12)14-8(3)9(19)18(4)6-2/h8H,5-7H2,1-4H3,(H,14,15,16,17). The molecule has 1 heterocycles. The van der Waals surface area contributed by atoms with Gasteiger partial charge in [-0.25, -0.2) is 0 Å². The number of halogens is 1. The molecule has 0 spiro atoms. The largest absolute Gasteiger partial charge is 0.463 e. The zero-order chi connectivity index (χ0) is 15.1. The summed E-state index contributed by atoms with van der Waals surface area (Å²) < 4.78 is 5.31. The average molecular weight is 302 g/mol. The van der Waals surface area contributed by atoms with Gasteiger partial charge in [0.25, 0.3) is 0 Å². The highest BCUT2D eigenvalue weighted by molar-refractivity contribution is 6.28. The third kappa shape index (κ3) is 4.80. The number of amides is 1. The molecular formula is C12H20ClN5O2. The summed E-state index contributed by atoms with van der Waals surface area (Å²) in [4.78, 5) is 25.4. The fraction of sp³-hybridized carbons (Fsp3) is 0.667. The molecule has 0 radical (unpaired) electrons. The van der Waals surface area contributed by atoms with Crippen molar-refractivity contribution in [2.45, 2.75) is 33.2 Å². The molecule has 20 heavy (non-hydrogen) atoms. The van der Waals surface area contributed by atoms with Gasteiger partial charge in [0, 0.05) is 13.6 Å². The number of hydrogen-bond acceptors (Lipinski definition) is 6. The van der Waals surface area contributed by atoms with Crippen LogP contribution >= 0.6 is 11.6 Å². The summed E-state index contributed by atoms with van der Waals surface area (Å²) >= 11 is 5.80. The summed E-state index contributed by atoms with van der Waals surface area (Å²) in [6.45, 7) is 6.74.